The highest BCUT2D eigenvalue weighted by Crippen LogP contribution is 2.13. The van der Waals surface area contributed by atoms with Gasteiger partial charge in [-0.25, -0.2) is 4.39 Å². The van der Waals surface area contributed by atoms with Gasteiger partial charge in [-0.15, -0.1) is 0 Å². The molecular formula is C15H17FN4. The van der Waals surface area contributed by atoms with Gasteiger partial charge in [0.15, 0.2) is 0 Å². The van der Waals surface area contributed by atoms with E-state index in [0.717, 1.165) is 30.9 Å². The maximum Gasteiger partial charge on any atom is 0.143 e. The molecule has 20 heavy (non-hydrogen) atoms. The molecule has 4 nitrogen and oxygen atoms in total. The smallest absolute Gasteiger partial charge is 0.143 e. The van der Waals surface area contributed by atoms with Crippen molar-refractivity contribution in [1.82, 2.24) is 9.78 Å². The number of nitrogens with one attached hydrogen (secondary N) is 1. The molecular weight excluding hydrogens is 255 g/mol. The van der Waals surface area contributed by atoms with E-state index in [1.165, 1.54) is 12.1 Å². The van der Waals surface area contributed by atoms with Gasteiger partial charge in [0.25, 0.3) is 0 Å². The first-order valence-corrected chi connectivity index (χ1v) is 6.54. The molecule has 0 fully saturated rings. The fraction of sp³-hybridized carbons (Fsp3) is 0.333. The summed E-state index contributed by atoms with van der Waals surface area (Å²) < 4.78 is 15.4. The zero-order valence-corrected chi connectivity index (χ0v) is 11.7. The summed E-state index contributed by atoms with van der Waals surface area (Å²) in [7, 11) is 0. The monoisotopic (exact) mass is 272 g/mol. The number of nitrogens with zero attached hydrogens (tertiary/aromatic N) is 3. The second-order valence-electron chi connectivity index (χ2n) is 4.74. The van der Waals surface area contributed by atoms with Gasteiger partial charge in [-0.3, -0.25) is 4.68 Å². The highest BCUT2D eigenvalue weighted by Gasteiger charge is 2.03. The molecule has 0 unspecified atom stereocenters. The van der Waals surface area contributed by atoms with E-state index < -0.39 is 5.82 Å². The lowest BCUT2D eigenvalue weighted by molar-refractivity contribution is 0.573. The van der Waals surface area contributed by atoms with Crippen molar-refractivity contribution in [3.05, 3.63) is 47.0 Å². The summed E-state index contributed by atoms with van der Waals surface area (Å²) in [6.07, 6.45) is 0.892. The number of halogens is 1. The van der Waals surface area contributed by atoms with Gasteiger partial charge in [0, 0.05) is 24.5 Å². The van der Waals surface area contributed by atoms with Gasteiger partial charge in [0.2, 0.25) is 0 Å². The van der Waals surface area contributed by atoms with Crippen LogP contribution in [0, 0.1) is 31.0 Å². The summed E-state index contributed by atoms with van der Waals surface area (Å²) in [6, 6.07) is 8.40. The van der Waals surface area contributed by atoms with E-state index >= 15 is 0 Å². The van der Waals surface area contributed by atoms with Crippen molar-refractivity contribution in [1.29, 1.82) is 5.26 Å². The van der Waals surface area contributed by atoms with Crippen LogP contribution in [0.5, 0.6) is 0 Å². The largest absolute Gasteiger partial charge is 0.385 e. The predicted molar refractivity (Wildman–Crippen MR) is 75.9 cm³/mol. The Balaban J connectivity index is 1.83. The molecule has 1 aromatic carbocycles. The molecule has 1 N–H and O–H groups in total. The first-order valence-electron chi connectivity index (χ1n) is 6.54. The molecule has 2 aromatic rings. The topological polar surface area (TPSA) is 53.6 Å². The van der Waals surface area contributed by atoms with Crippen LogP contribution in [0.15, 0.2) is 24.3 Å². The Morgan fingerprint density at radius 1 is 1.35 bits per heavy atom. The lowest BCUT2D eigenvalue weighted by atomic mass is 10.2. The second kappa shape index (κ2) is 6.20. The van der Waals surface area contributed by atoms with Gasteiger partial charge in [-0.1, -0.05) is 0 Å². The van der Waals surface area contributed by atoms with Gasteiger partial charge in [0.05, 0.1) is 11.3 Å². The maximum atomic E-state index is 13.4. The Kier molecular flexibility index (Phi) is 4.36. The van der Waals surface area contributed by atoms with E-state index in [0.29, 0.717) is 5.69 Å². The Morgan fingerprint density at radius 2 is 2.15 bits per heavy atom. The van der Waals surface area contributed by atoms with Crippen molar-refractivity contribution < 1.29 is 4.39 Å². The minimum atomic E-state index is -0.490. The number of anilines is 1. The highest BCUT2D eigenvalue weighted by atomic mass is 19.1. The van der Waals surface area contributed by atoms with Crippen molar-refractivity contribution >= 4 is 5.69 Å². The van der Waals surface area contributed by atoms with E-state index in [2.05, 4.69) is 10.4 Å². The second-order valence-corrected chi connectivity index (χ2v) is 4.74. The summed E-state index contributed by atoms with van der Waals surface area (Å²) in [5.74, 6) is -0.490. The summed E-state index contributed by atoms with van der Waals surface area (Å²) in [5.41, 5.74) is 2.92. The van der Waals surface area contributed by atoms with Crippen LogP contribution in [0.25, 0.3) is 0 Å². The third-order valence-corrected chi connectivity index (χ3v) is 3.07. The minimum absolute atomic E-state index is 0.0678. The fourth-order valence-electron chi connectivity index (χ4n) is 2.08. The van der Waals surface area contributed by atoms with Crippen LogP contribution in [0.1, 0.15) is 23.4 Å². The maximum absolute atomic E-state index is 13.4. The Hall–Kier alpha value is -2.35. The number of hydrogen-bond acceptors (Lipinski definition) is 3. The van der Waals surface area contributed by atoms with E-state index in [1.807, 2.05) is 24.6 Å². The van der Waals surface area contributed by atoms with Crippen molar-refractivity contribution in [3.8, 4) is 6.07 Å². The third kappa shape index (κ3) is 3.35. The molecule has 0 atom stereocenters. The highest BCUT2D eigenvalue weighted by molar-refractivity contribution is 5.48. The number of hydrogen-bond donors (Lipinski definition) is 1. The van der Waals surface area contributed by atoms with Crippen LogP contribution in [-0.4, -0.2) is 16.3 Å². The molecule has 0 bridgehead atoms. The number of aromatic nitrogens is 2. The molecule has 0 aliphatic carbocycles. The van der Waals surface area contributed by atoms with E-state index in [1.54, 1.807) is 12.1 Å². The standard InChI is InChI=1S/C15H17FN4/c1-11-8-12(2)20(19-11)7-3-6-18-14-5-4-13(10-17)15(16)9-14/h4-5,8-9,18H,3,6-7H2,1-2H3. The molecule has 2 rings (SSSR count). The first-order chi connectivity index (χ1) is 9.60. The number of benzene rings is 1. The molecule has 0 amide bonds. The average molecular weight is 272 g/mol. The van der Waals surface area contributed by atoms with Crippen LogP contribution in [0.4, 0.5) is 10.1 Å². The van der Waals surface area contributed by atoms with Gasteiger partial charge < -0.3 is 5.32 Å². The van der Waals surface area contributed by atoms with Crippen LogP contribution in [0.3, 0.4) is 0 Å². The summed E-state index contributed by atoms with van der Waals surface area (Å²) in [4.78, 5) is 0. The van der Waals surface area contributed by atoms with Gasteiger partial charge in [-0.05, 0) is 44.5 Å². The van der Waals surface area contributed by atoms with Crippen LogP contribution in [0.2, 0.25) is 0 Å². The van der Waals surface area contributed by atoms with E-state index in [4.69, 9.17) is 5.26 Å². The molecule has 0 aliphatic rings. The van der Waals surface area contributed by atoms with Crippen molar-refractivity contribution in [2.75, 3.05) is 11.9 Å². The predicted octanol–water partition coefficient (Wildman–Crippen LogP) is 3.01. The van der Waals surface area contributed by atoms with Gasteiger partial charge >= 0.3 is 0 Å². The summed E-state index contributed by atoms with van der Waals surface area (Å²) >= 11 is 0. The molecule has 0 radical (unpaired) electrons. The minimum Gasteiger partial charge on any atom is -0.385 e. The Bertz CT molecular complexity index is 640. The van der Waals surface area contributed by atoms with E-state index in [9.17, 15) is 4.39 Å². The quantitative estimate of drug-likeness (QED) is 0.851. The zero-order valence-electron chi connectivity index (χ0n) is 11.7. The average Bonchev–Trinajstić information content (AvgIpc) is 2.73. The Morgan fingerprint density at radius 3 is 2.75 bits per heavy atom. The third-order valence-electron chi connectivity index (χ3n) is 3.07. The molecule has 0 aliphatic heterocycles. The molecule has 0 saturated heterocycles. The molecule has 0 spiro atoms. The summed E-state index contributed by atoms with van der Waals surface area (Å²) in [6.45, 7) is 5.56. The number of aryl methyl sites for hydroxylation is 3. The van der Waals surface area contributed by atoms with Crippen LogP contribution < -0.4 is 5.32 Å². The number of nitriles is 1. The molecule has 0 saturated carbocycles. The first kappa shape index (κ1) is 14.1. The van der Waals surface area contributed by atoms with Crippen LogP contribution >= 0.6 is 0 Å². The molecule has 104 valence electrons. The normalized spacial score (nSPS) is 10.3. The number of rotatable bonds is 5. The summed E-state index contributed by atoms with van der Waals surface area (Å²) in [5, 5.41) is 16.2. The molecule has 5 heteroatoms. The Labute approximate surface area is 117 Å². The SMILES string of the molecule is Cc1cc(C)n(CCCNc2ccc(C#N)c(F)c2)n1. The van der Waals surface area contributed by atoms with E-state index in [-0.39, 0.29) is 5.56 Å². The van der Waals surface area contributed by atoms with Gasteiger partial charge in [-0.2, -0.15) is 10.4 Å². The zero-order chi connectivity index (χ0) is 14.5. The van der Waals surface area contributed by atoms with Crippen molar-refractivity contribution in [2.24, 2.45) is 0 Å². The van der Waals surface area contributed by atoms with Crippen molar-refractivity contribution in [2.45, 2.75) is 26.8 Å². The lowest BCUT2D eigenvalue weighted by Gasteiger charge is -2.08. The molecule has 1 aromatic heterocycles. The lowest BCUT2D eigenvalue weighted by Crippen LogP contribution is -2.09. The molecule has 1 heterocycles. The fourth-order valence-corrected chi connectivity index (χ4v) is 2.08. The van der Waals surface area contributed by atoms with Crippen LogP contribution in [-0.2, 0) is 6.54 Å². The van der Waals surface area contributed by atoms with Crippen molar-refractivity contribution in [3.63, 3.8) is 0 Å². The van der Waals surface area contributed by atoms with Gasteiger partial charge in [0.1, 0.15) is 11.9 Å².